The van der Waals surface area contributed by atoms with E-state index in [2.05, 4.69) is 20.8 Å². The third kappa shape index (κ3) is 5.66. The Morgan fingerprint density at radius 3 is 2.47 bits per heavy atom. The average molecular weight is 408 g/mol. The summed E-state index contributed by atoms with van der Waals surface area (Å²) < 4.78 is 10.4. The van der Waals surface area contributed by atoms with Gasteiger partial charge in [-0.3, -0.25) is 9.59 Å². The number of amides is 2. The van der Waals surface area contributed by atoms with Crippen molar-refractivity contribution in [2.75, 3.05) is 14.2 Å². The predicted molar refractivity (Wildman–Crippen MR) is 111 cm³/mol. The van der Waals surface area contributed by atoms with Crippen LogP contribution in [-0.2, 0) is 16.0 Å². The molecule has 0 aliphatic heterocycles. The Morgan fingerprint density at radius 1 is 1.07 bits per heavy atom. The Balaban J connectivity index is 1.58. The summed E-state index contributed by atoms with van der Waals surface area (Å²) in [5, 5.41) is 9.47. The minimum absolute atomic E-state index is 0.148. The molecule has 8 nitrogen and oxygen atoms in total. The number of methoxy groups -OCH3 is 1. The van der Waals surface area contributed by atoms with E-state index < -0.39 is 6.04 Å². The number of carbonyl (C=O) groups is 2. The van der Waals surface area contributed by atoms with Crippen LogP contribution in [0, 0.1) is 0 Å². The van der Waals surface area contributed by atoms with Crippen LogP contribution in [0.4, 0.5) is 0 Å². The van der Waals surface area contributed by atoms with Gasteiger partial charge in [0.25, 0.3) is 0 Å². The zero-order valence-corrected chi connectivity index (χ0v) is 16.9. The second-order valence-electron chi connectivity index (χ2n) is 6.65. The number of aromatic nitrogens is 2. The van der Waals surface area contributed by atoms with Crippen molar-refractivity contribution < 1.29 is 18.8 Å². The van der Waals surface area contributed by atoms with Gasteiger partial charge in [0.2, 0.25) is 23.5 Å². The molecule has 0 bridgehead atoms. The van der Waals surface area contributed by atoms with E-state index in [1.54, 1.807) is 14.2 Å². The monoisotopic (exact) mass is 408 g/mol. The van der Waals surface area contributed by atoms with Crippen molar-refractivity contribution in [1.82, 2.24) is 20.8 Å². The fraction of sp³-hybridized carbons (Fsp3) is 0.273. The van der Waals surface area contributed by atoms with Gasteiger partial charge in [0.1, 0.15) is 5.75 Å². The molecule has 8 heteroatoms. The van der Waals surface area contributed by atoms with E-state index >= 15 is 0 Å². The topological polar surface area (TPSA) is 106 Å². The van der Waals surface area contributed by atoms with Gasteiger partial charge in [-0.1, -0.05) is 35.5 Å². The molecule has 0 fully saturated rings. The summed E-state index contributed by atoms with van der Waals surface area (Å²) >= 11 is 0. The highest BCUT2D eigenvalue weighted by Crippen LogP contribution is 2.20. The number of nitrogens with zero attached hydrogens (tertiary/aromatic N) is 2. The van der Waals surface area contributed by atoms with Crippen LogP contribution in [0.25, 0.3) is 11.4 Å². The molecule has 1 heterocycles. The first-order chi connectivity index (χ1) is 14.6. The molecule has 0 radical (unpaired) electrons. The fourth-order valence-electron chi connectivity index (χ4n) is 2.93. The number of ether oxygens (including phenoxy) is 1. The summed E-state index contributed by atoms with van der Waals surface area (Å²) in [6.45, 7) is 0. The van der Waals surface area contributed by atoms with Gasteiger partial charge < -0.3 is 19.9 Å². The first-order valence-corrected chi connectivity index (χ1v) is 9.61. The van der Waals surface area contributed by atoms with Gasteiger partial charge in [-0.25, -0.2) is 0 Å². The number of carbonyl (C=O) groups excluding carboxylic acids is 2. The number of aryl methyl sites for hydroxylation is 1. The van der Waals surface area contributed by atoms with Gasteiger partial charge in [-0.05, 0) is 29.8 Å². The number of nitrogens with one attached hydrogen (secondary N) is 2. The van der Waals surface area contributed by atoms with Crippen LogP contribution in [0.15, 0.2) is 59.1 Å². The lowest BCUT2D eigenvalue weighted by Gasteiger charge is -2.18. The molecule has 1 aromatic heterocycles. The van der Waals surface area contributed by atoms with Crippen molar-refractivity contribution in [2.45, 2.75) is 25.3 Å². The third-order valence-corrected chi connectivity index (χ3v) is 4.59. The lowest BCUT2D eigenvalue weighted by molar-refractivity contribution is -0.123. The predicted octanol–water partition coefficient (Wildman–Crippen LogP) is 2.67. The van der Waals surface area contributed by atoms with Crippen molar-refractivity contribution in [3.63, 3.8) is 0 Å². The summed E-state index contributed by atoms with van der Waals surface area (Å²) in [7, 11) is 3.17. The third-order valence-electron chi connectivity index (χ3n) is 4.59. The van der Waals surface area contributed by atoms with E-state index in [1.807, 2.05) is 54.6 Å². The van der Waals surface area contributed by atoms with Crippen LogP contribution in [-0.4, -0.2) is 36.1 Å². The van der Waals surface area contributed by atoms with Gasteiger partial charge >= 0.3 is 0 Å². The molecule has 0 saturated carbocycles. The Kier molecular flexibility index (Phi) is 7.15. The Bertz CT molecular complexity index is 970. The van der Waals surface area contributed by atoms with Gasteiger partial charge in [0.15, 0.2) is 0 Å². The molecule has 0 spiro atoms. The molecule has 3 aromatic rings. The summed E-state index contributed by atoms with van der Waals surface area (Å²) in [5.41, 5.74) is 1.67. The fourth-order valence-corrected chi connectivity index (χ4v) is 2.93. The van der Waals surface area contributed by atoms with Crippen molar-refractivity contribution >= 4 is 11.8 Å². The van der Waals surface area contributed by atoms with Gasteiger partial charge in [0.05, 0.1) is 19.6 Å². The first kappa shape index (κ1) is 21.0. The van der Waals surface area contributed by atoms with E-state index in [9.17, 15) is 9.59 Å². The summed E-state index contributed by atoms with van der Waals surface area (Å²) in [6.07, 6.45) is 0.631. The maximum absolute atomic E-state index is 12.5. The Hall–Kier alpha value is -3.68. The van der Waals surface area contributed by atoms with E-state index in [0.717, 1.165) is 16.9 Å². The molecule has 2 aromatic carbocycles. The Morgan fingerprint density at radius 2 is 1.80 bits per heavy atom. The van der Waals surface area contributed by atoms with Crippen LogP contribution in [0.3, 0.4) is 0 Å². The smallest absolute Gasteiger partial charge is 0.227 e. The second-order valence-corrected chi connectivity index (χ2v) is 6.65. The summed E-state index contributed by atoms with van der Waals surface area (Å²) in [5.74, 6) is 1.22. The molecule has 0 aliphatic rings. The number of benzene rings is 2. The van der Waals surface area contributed by atoms with Crippen LogP contribution < -0.4 is 15.4 Å². The zero-order valence-electron chi connectivity index (χ0n) is 16.9. The highest BCUT2D eigenvalue weighted by Gasteiger charge is 2.18. The number of hydrogen-bond donors (Lipinski definition) is 2. The van der Waals surface area contributed by atoms with Crippen LogP contribution >= 0.6 is 0 Å². The summed E-state index contributed by atoms with van der Waals surface area (Å²) in [6, 6.07) is 16.3. The van der Waals surface area contributed by atoms with Gasteiger partial charge in [0, 0.05) is 25.5 Å². The quantitative estimate of drug-likeness (QED) is 0.564. The number of rotatable bonds is 9. The Labute approximate surface area is 174 Å². The lowest BCUT2D eigenvalue weighted by Crippen LogP contribution is -2.32. The SMILES string of the molecule is CNC(=O)C[C@H](NC(=O)CCc1nc(-c2ccc(OC)cc2)no1)c1ccccc1. The van der Waals surface area contributed by atoms with Crippen molar-refractivity contribution in [1.29, 1.82) is 0 Å². The second kappa shape index (κ2) is 10.2. The molecule has 0 aliphatic carbocycles. The number of hydrogen-bond acceptors (Lipinski definition) is 6. The molecule has 30 heavy (non-hydrogen) atoms. The van der Waals surface area contributed by atoms with Crippen molar-refractivity contribution in [3.05, 3.63) is 66.1 Å². The molecular weight excluding hydrogens is 384 g/mol. The van der Waals surface area contributed by atoms with Gasteiger partial charge in [-0.2, -0.15) is 4.98 Å². The van der Waals surface area contributed by atoms with E-state index in [0.29, 0.717) is 18.1 Å². The molecular formula is C22H24N4O4. The molecule has 1 atom stereocenters. The standard InChI is InChI=1S/C22H24N4O4/c1-23-20(28)14-18(15-6-4-3-5-7-15)24-19(27)12-13-21-25-22(26-30-21)16-8-10-17(29-2)11-9-16/h3-11,18H,12-14H2,1-2H3,(H,23,28)(H,24,27)/t18-/m0/s1. The maximum Gasteiger partial charge on any atom is 0.227 e. The molecule has 2 amide bonds. The van der Waals surface area contributed by atoms with E-state index in [4.69, 9.17) is 9.26 Å². The largest absolute Gasteiger partial charge is 0.497 e. The molecule has 156 valence electrons. The van der Waals surface area contributed by atoms with E-state index in [1.165, 1.54) is 0 Å². The highest BCUT2D eigenvalue weighted by atomic mass is 16.5. The van der Waals surface area contributed by atoms with Crippen LogP contribution in [0.2, 0.25) is 0 Å². The molecule has 3 rings (SSSR count). The first-order valence-electron chi connectivity index (χ1n) is 9.61. The minimum Gasteiger partial charge on any atom is -0.497 e. The van der Waals surface area contributed by atoms with Gasteiger partial charge in [-0.15, -0.1) is 0 Å². The van der Waals surface area contributed by atoms with Crippen LogP contribution in [0.5, 0.6) is 5.75 Å². The average Bonchev–Trinajstić information content (AvgIpc) is 3.27. The molecule has 0 unspecified atom stereocenters. The summed E-state index contributed by atoms with van der Waals surface area (Å²) in [4.78, 5) is 28.6. The lowest BCUT2D eigenvalue weighted by atomic mass is 10.0. The van der Waals surface area contributed by atoms with E-state index in [-0.39, 0.29) is 24.7 Å². The van der Waals surface area contributed by atoms with Crippen molar-refractivity contribution in [2.24, 2.45) is 0 Å². The maximum atomic E-state index is 12.5. The molecule has 2 N–H and O–H groups in total. The minimum atomic E-state index is -0.406. The normalized spacial score (nSPS) is 11.5. The van der Waals surface area contributed by atoms with Crippen molar-refractivity contribution in [3.8, 4) is 17.1 Å². The van der Waals surface area contributed by atoms with Crippen LogP contribution in [0.1, 0.15) is 30.3 Å². The highest BCUT2D eigenvalue weighted by molar-refractivity contribution is 5.80. The zero-order chi connectivity index (χ0) is 21.3. The molecule has 0 saturated heterocycles.